The Morgan fingerprint density at radius 1 is 0.935 bits per heavy atom. The summed E-state index contributed by atoms with van der Waals surface area (Å²) in [5, 5.41) is 0.348. The maximum atomic E-state index is 12.0. The van der Waals surface area contributed by atoms with Crippen LogP contribution in [0.2, 0.25) is 0 Å². The molecule has 0 N–H and O–H groups in total. The molecular formula is C27H41NO2S. The minimum absolute atomic E-state index is 0.163. The monoisotopic (exact) mass is 443 g/mol. The molecule has 2 aromatic rings. The molecule has 4 heteroatoms. The summed E-state index contributed by atoms with van der Waals surface area (Å²) < 4.78 is 0. The van der Waals surface area contributed by atoms with Gasteiger partial charge in [0, 0.05) is 5.75 Å². The molecule has 3 nitrogen and oxygen atoms in total. The van der Waals surface area contributed by atoms with Gasteiger partial charge < -0.3 is 4.79 Å². The van der Waals surface area contributed by atoms with Crippen molar-refractivity contribution >= 4 is 23.7 Å². The van der Waals surface area contributed by atoms with Crippen molar-refractivity contribution in [2.24, 2.45) is 0 Å². The van der Waals surface area contributed by atoms with Crippen LogP contribution < -0.4 is 0 Å². The van der Waals surface area contributed by atoms with Crippen molar-refractivity contribution in [2.45, 2.75) is 65.8 Å². The zero-order valence-electron chi connectivity index (χ0n) is 20.1. The lowest BCUT2D eigenvalue weighted by Crippen LogP contribution is -2.31. The first-order valence-corrected chi connectivity index (χ1v) is 12.4. The van der Waals surface area contributed by atoms with Gasteiger partial charge in [0.2, 0.25) is 5.12 Å². The predicted octanol–water partition coefficient (Wildman–Crippen LogP) is 6.24. The van der Waals surface area contributed by atoms with E-state index in [1.165, 1.54) is 28.5 Å². The van der Waals surface area contributed by atoms with Gasteiger partial charge in [-0.05, 0) is 62.4 Å². The van der Waals surface area contributed by atoms with Crippen LogP contribution in [0.3, 0.4) is 0 Å². The minimum atomic E-state index is 0.163. The number of carbonyl (C=O) groups excluding carboxylic acids is 2. The lowest BCUT2D eigenvalue weighted by molar-refractivity contribution is -0.114. The third-order valence-electron chi connectivity index (χ3n) is 5.11. The molecular weight excluding hydrogens is 402 g/mol. The fraction of sp³-hybridized carbons (Fsp3) is 0.481. The van der Waals surface area contributed by atoms with E-state index in [0.29, 0.717) is 5.12 Å². The molecule has 0 aliphatic carbocycles. The van der Waals surface area contributed by atoms with Crippen LogP contribution in [-0.2, 0) is 28.9 Å². The first kappa shape index (κ1) is 29.1. The van der Waals surface area contributed by atoms with Crippen LogP contribution in [0.15, 0.2) is 54.6 Å². The summed E-state index contributed by atoms with van der Waals surface area (Å²) in [7, 11) is 2.05. The highest BCUT2D eigenvalue weighted by Crippen LogP contribution is 2.21. The number of aryl methyl sites for hydroxylation is 3. The normalized spacial score (nSPS) is 14.8. The molecule has 1 aliphatic rings. The van der Waals surface area contributed by atoms with Crippen LogP contribution in [0.4, 0.5) is 0 Å². The summed E-state index contributed by atoms with van der Waals surface area (Å²) in [6.07, 6.45) is 5.46. The number of hydrogen-bond donors (Lipinski definition) is 0. The van der Waals surface area contributed by atoms with Crippen molar-refractivity contribution < 1.29 is 9.59 Å². The van der Waals surface area contributed by atoms with E-state index in [2.05, 4.69) is 55.1 Å². The molecule has 31 heavy (non-hydrogen) atoms. The van der Waals surface area contributed by atoms with Crippen molar-refractivity contribution in [2.75, 3.05) is 19.3 Å². The van der Waals surface area contributed by atoms with Gasteiger partial charge in [-0.25, -0.2) is 0 Å². The van der Waals surface area contributed by atoms with E-state index in [-0.39, 0.29) is 6.04 Å². The van der Waals surface area contributed by atoms with Gasteiger partial charge in [-0.15, -0.1) is 0 Å². The fourth-order valence-corrected chi connectivity index (χ4v) is 4.26. The van der Waals surface area contributed by atoms with E-state index in [0.717, 1.165) is 44.4 Å². The van der Waals surface area contributed by atoms with Gasteiger partial charge in [0.25, 0.3) is 0 Å². The first-order valence-electron chi connectivity index (χ1n) is 11.4. The standard InChI is InChI=1S/C14H19NOS.C10H14.C2H6.CH2O/c1-15-10-5-8-13(15)14(16)17-11-9-12-6-3-2-4-7-12;1-3-9-5-7-10(4-2)8-6-9;2*1-2/h2-4,6-7,13H,5,8-11H2,1H3;5-8H,3-4H2,1-2H3;1-2H3;1H2/t13-;;;/m0.../s1. The van der Waals surface area contributed by atoms with Crippen LogP contribution in [-0.4, -0.2) is 42.2 Å². The van der Waals surface area contributed by atoms with Gasteiger partial charge in [-0.3, -0.25) is 9.69 Å². The Morgan fingerprint density at radius 2 is 1.45 bits per heavy atom. The summed E-state index contributed by atoms with van der Waals surface area (Å²) in [5.41, 5.74) is 4.17. The summed E-state index contributed by atoms with van der Waals surface area (Å²) in [4.78, 5) is 22.1. The zero-order chi connectivity index (χ0) is 23.5. The number of nitrogens with zero attached hydrogens (tertiary/aromatic N) is 1. The first-order chi connectivity index (χ1) is 15.1. The maximum Gasteiger partial charge on any atom is 0.206 e. The molecule has 0 unspecified atom stereocenters. The molecule has 3 rings (SSSR count). The van der Waals surface area contributed by atoms with Crippen LogP contribution in [0.5, 0.6) is 0 Å². The maximum absolute atomic E-state index is 12.0. The lowest BCUT2D eigenvalue weighted by atomic mass is 10.1. The Kier molecular flexibility index (Phi) is 17.7. The molecule has 1 heterocycles. The Balaban J connectivity index is 0.000000549. The minimum Gasteiger partial charge on any atom is -0.307 e. The van der Waals surface area contributed by atoms with Crippen LogP contribution in [0, 0.1) is 0 Å². The van der Waals surface area contributed by atoms with Crippen molar-refractivity contribution in [3.63, 3.8) is 0 Å². The molecule has 0 amide bonds. The highest BCUT2D eigenvalue weighted by atomic mass is 32.2. The highest BCUT2D eigenvalue weighted by Gasteiger charge is 2.27. The Hall–Kier alpha value is -1.91. The van der Waals surface area contributed by atoms with Gasteiger partial charge >= 0.3 is 0 Å². The van der Waals surface area contributed by atoms with Crippen molar-refractivity contribution in [1.29, 1.82) is 0 Å². The van der Waals surface area contributed by atoms with E-state index in [9.17, 15) is 4.79 Å². The molecule has 0 saturated carbocycles. The van der Waals surface area contributed by atoms with E-state index < -0.39 is 0 Å². The van der Waals surface area contributed by atoms with Crippen molar-refractivity contribution in [3.8, 4) is 0 Å². The Labute approximate surface area is 194 Å². The average molecular weight is 444 g/mol. The van der Waals surface area contributed by atoms with Gasteiger partial charge in [-0.2, -0.15) is 0 Å². The fourth-order valence-electron chi connectivity index (χ4n) is 3.23. The molecule has 0 aromatic heterocycles. The molecule has 1 aliphatic heterocycles. The van der Waals surface area contributed by atoms with Crippen molar-refractivity contribution in [3.05, 3.63) is 71.3 Å². The zero-order valence-corrected chi connectivity index (χ0v) is 20.9. The summed E-state index contributed by atoms with van der Waals surface area (Å²) in [6, 6.07) is 19.3. The summed E-state index contributed by atoms with van der Waals surface area (Å²) in [5.74, 6) is 0.896. The van der Waals surface area contributed by atoms with E-state index in [1.54, 1.807) is 0 Å². The van der Waals surface area contributed by atoms with Gasteiger partial charge in [0.05, 0.1) is 6.04 Å². The number of carbonyl (C=O) groups is 2. The van der Waals surface area contributed by atoms with Gasteiger partial charge in [0.15, 0.2) is 0 Å². The number of likely N-dealkylation sites (tertiary alicyclic amines) is 1. The molecule has 1 fully saturated rings. The van der Waals surface area contributed by atoms with Gasteiger partial charge in [-0.1, -0.05) is 94.1 Å². The van der Waals surface area contributed by atoms with Crippen LogP contribution >= 0.6 is 11.8 Å². The van der Waals surface area contributed by atoms with E-state index in [1.807, 2.05) is 45.9 Å². The Morgan fingerprint density at radius 3 is 1.87 bits per heavy atom. The predicted molar refractivity (Wildman–Crippen MR) is 137 cm³/mol. The molecule has 0 bridgehead atoms. The molecule has 172 valence electrons. The number of rotatable bonds is 6. The summed E-state index contributed by atoms with van der Waals surface area (Å²) >= 11 is 1.49. The summed E-state index contributed by atoms with van der Waals surface area (Å²) in [6.45, 7) is 11.4. The highest BCUT2D eigenvalue weighted by molar-refractivity contribution is 8.13. The smallest absolute Gasteiger partial charge is 0.206 e. The molecule has 1 saturated heterocycles. The largest absolute Gasteiger partial charge is 0.307 e. The molecule has 0 spiro atoms. The van der Waals surface area contributed by atoms with E-state index in [4.69, 9.17) is 4.79 Å². The van der Waals surface area contributed by atoms with Crippen LogP contribution in [0.25, 0.3) is 0 Å². The van der Waals surface area contributed by atoms with Crippen molar-refractivity contribution in [1.82, 2.24) is 4.90 Å². The second kappa shape index (κ2) is 18.8. The number of thioether (sulfide) groups is 1. The number of likely N-dealkylation sites (N-methyl/N-ethyl adjacent to an activating group) is 1. The van der Waals surface area contributed by atoms with Gasteiger partial charge in [0.1, 0.15) is 6.79 Å². The SMILES string of the molecule is C=O.CC.CCc1ccc(CC)cc1.CN1CCC[C@H]1C(=O)SCCc1ccccc1. The number of hydrogen-bond acceptors (Lipinski definition) is 4. The topological polar surface area (TPSA) is 37.4 Å². The van der Waals surface area contributed by atoms with Crippen LogP contribution in [0.1, 0.15) is 57.2 Å². The molecule has 0 radical (unpaired) electrons. The number of benzene rings is 2. The lowest BCUT2D eigenvalue weighted by Gasteiger charge is -2.17. The second-order valence-electron chi connectivity index (χ2n) is 7.07. The average Bonchev–Trinajstić information content (AvgIpc) is 3.28. The second-order valence-corrected chi connectivity index (χ2v) is 8.16. The van der Waals surface area contributed by atoms with E-state index >= 15 is 0 Å². The molecule has 2 aromatic carbocycles. The quantitative estimate of drug-likeness (QED) is 0.530. The molecule has 1 atom stereocenters. The Bertz CT molecular complexity index is 665. The third kappa shape index (κ3) is 11.9. The third-order valence-corrected chi connectivity index (χ3v) is 6.07.